The smallest absolute Gasteiger partial charge is 0.235 e. The molecule has 0 aliphatic heterocycles. The summed E-state index contributed by atoms with van der Waals surface area (Å²) >= 11 is 2.84. The number of nitriles is 1. The molecule has 0 unspecified atom stereocenters. The number of amides is 1. The Hall–Kier alpha value is -1.85. The van der Waals surface area contributed by atoms with E-state index in [0.29, 0.717) is 21.6 Å². The monoisotopic (exact) mass is 389 g/mol. The van der Waals surface area contributed by atoms with Crippen LogP contribution in [0.2, 0.25) is 0 Å². The fraction of sp³-hybridized carbons (Fsp3) is 0.556. The van der Waals surface area contributed by atoms with Gasteiger partial charge in [-0.3, -0.25) is 9.89 Å². The van der Waals surface area contributed by atoms with Crippen molar-refractivity contribution in [3.05, 3.63) is 21.8 Å². The van der Waals surface area contributed by atoms with Gasteiger partial charge in [-0.1, -0.05) is 32.5 Å². The number of H-pyrrole nitrogens is 1. The molecule has 0 spiro atoms. The number of aryl methyl sites for hydroxylation is 1. The van der Waals surface area contributed by atoms with Gasteiger partial charge in [0.05, 0.1) is 11.3 Å². The minimum absolute atomic E-state index is 0.139. The Bertz CT molecular complexity index is 856. The molecule has 2 aromatic heterocycles. The summed E-state index contributed by atoms with van der Waals surface area (Å²) in [5.74, 6) is 1.40. The van der Waals surface area contributed by atoms with Crippen molar-refractivity contribution in [1.29, 1.82) is 5.26 Å². The van der Waals surface area contributed by atoms with Crippen LogP contribution in [0.3, 0.4) is 0 Å². The molecule has 26 heavy (non-hydrogen) atoms. The Morgan fingerprint density at radius 3 is 2.88 bits per heavy atom. The van der Waals surface area contributed by atoms with Gasteiger partial charge in [-0.2, -0.15) is 5.26 Å². The number of carbonyl (C=O) groups excluding carboxylic acids is 1. The van der Waals surface area contributed by atoms with Crippen LogP contribution in [-0.2, 0) is 17.6 Å². The second-order valence-electron chi connectivity index (χ2n) is 7.67. The van der Waals surface area contributed by atoms with E-state index in [4.69, 9.17) is 0 Å². The zero-order valence-electron chi connectivity index (χ0n) is 15.5. The molecule has 2 heterocycles. The molecule has 0 fully saturated rings. The average Bonchev–Trinajstić information content (AvgIpc) is 3.14. The van der Waals surface area contributed by atoms with Gasteiger partial charge >= 0.3 is 0 Å². The Morgan fingerprint density at radius 2 is 2.27 bits per heavy atom. The van der Waals surface area contributed by atoms with Crippen LogP contribution in [0.15, 0.2) is 5.16 Å². The SMILES string of the molecule is Cc1nc(SCC(=O)Nc2sc3c(c2C#N)CC[C@@H](C(C)(C)C)C3)n[nH]1. The van der Waals surface area contributed by atoms with E-state index in [0.717, 1.165) is 30.7 Å². The third-order valence-corrected chi connectivity index (χ3v) is 6.78. The second-order valence-corrected chi connectivity index (χ2v) is 9.71. The molecule has 8 heteroatoms. The minimum Gasteiger partial charge on any atom is -0.316 e. The first-order valence-corrected chi connectivity index (χ1v) is 10.4. The molecular formula is C18H23N5OS2. The molecule has 1 amide bonds. The van der Waals surface area contributed by atoms with Gasteiger partial charge in [0.1, 0.15) is 16.9 Å². The van der Waals surface area contributed by atoms with Gasteiger partial charge in [0.2, 0.25) is 11.1 Å². The lowest BCUT2D eigenvalue weighted by atomic mass is 9.72. The Morgan fingerprint density at radius 1 is 1.50 bits per heavy atom. The molecule has 3 rings (SSSR count). The average molecular weight is 390 g/mol. The second kappa shape index (κ2) is 7.41. The largest absolute Gasteiger partial charge is 0.316 e. The molecule has 0 bridgehead atoms. The molecule has 0 saturated carbocycles. The summed E-state index contributed by atoms with van der Waals surface area (Å²) in [7, 11) is 0. The summed E-state index contributed by atoms with van der Waals surface area (Å²) in [5, 5.41) is 20.5. The third kappa shape index (κ3) is 4.10. The number of nitrogens with zero attached hydrogens (tertiary/aromatic N) is 3. The van der Waals surface area contributed by atoms with E-state index in [1.54, 1.807) is 11.3 Å². The molecule has 1 aliphatic rings. The van der Waals surface area contributed by atoms with E-state index in [9.17, 15) is 10.1 Å². The lowest BCUT2D eigenvalue weighted by molar-refractivity contribution is -0.113. The van der Waals surface area contributed by atoms with E-state index < -0.39 is 0 Å². The maximum Gasteiger partial charge on any atom is 0.235 e. The maximum absolute atomic E-state index is 12.3. The van der Waals surface area contributed by atoms with Gasteiger partial charge in [-0.25, -0.2) is 4.98 Å². The highest BCUT2D eigenvalue weighted by atomic mass is 32.2. The molecule has 0 radical (unpaired) electrons. The fourth-order valence-electron chi connectivity index (χ4n) is 3.21. The summed E-state index contributed by atoms with van der Waals surface area (Å²) in [6.45, 7) is 8.63. The molecule has 138 valence electrons. The topological polar surface area (TPSA) is 94.5 Å². The van der Waals surface area contributed by atoms with Crippen LogP contribution >= 0.6 is 23.1 Å². The number of thioether (sulfide) groups is 1. The zero-order chi connectivity index (χ0) is 18.9. The van der Waals surface area contributed by atoms with Crippen LogP contribution < -0.4 is 5.32 Å². The lowest BCUT2D eigenvalue weighted by Gasteiger charge is -2.33. The van der Waals surface area contributed by atoms with E-state index in [1.165, 1.54) is 16.6 Å². The summed E-state index contributed by atoms with van der Waals surface area (Å²) in [6.07, 6.45) is 2.99. The van der Waals surface area contributed by atoms with Gasteiger partial charge < -0.3 is 5.32 Å². The van der Waals surface area contributed by atoms with Crippen LogP contribution in [0.1, 0.15) is 49.0 Å². The predicted molar refractivity (Wildman–Crippen MR) is 104 cm³/mol. The van der Waals surface area contributed by atoms with Crippen molar-refractivity contribution >= 4 is 34.0 Å². The van der Waals surface area contributed by atoms with Crippen molar-refractivity contribution in [1.82, 2.24) is 15.2 Å². The number of aromatic nitrogens is 3. The quantitative estimate of drug-likeness (QED) is 0.773. The third-order valence-electron chi connectivity index (χ3n) is 4.76. The first-order chi connectivity index (χ1) is 12.3. The zero-order valence-corrected chi connectivity index (χ0v) is 17.1. The van der Waals surface area contributed by atoms with Crippen molar-refractivity contribution < 1.29 is 4.79 Å². The number of nitrogens with one attached hydrogen (secondary N) is 2. The number of hydrogen-bond acceptors (Lipinski definition) is 6. The van der Waals surface area contributed by atoms with Crippen molar-refractivity contribution in [3.63, 3.8) is 0 Å². The van der Waals surface area contributed by atoms with Crippen LogP contribution in [0.5, 0.6) is 0 Å². The van der Waals surface area contributed by atoms with E-state index >= 15 is 0 Å². The number of aromatic amines is 1. The predicted octanol–water partition coefficient (Wildman–Crippen LogP) is 3.93. The van der Waals surface area contributed by atoms with E-state index in [-0.39, 0.29) is 17.1 Å². The van der Waals surface area contributed by atoms with Crippen LogP contribution in [0.25, 0.3) is 0 Å². The normalized spacial score (nSPS) is 16.8. The standard InChI is InChI=1S/C18H23N5OS2/c1-10-20-17(23-22-10)25-9-15(24)21-16-13(8-19)12-6-5-11(18(2,3)4)7-14(12)26-16/h11H,5-7,9H2,1-4H3,(H,21,24)(H,20,22,23)/t11-/m1/s1. The summed E-state index contributed by atoms with van der Waals surface area (Å²) < 4.78 is 0. The van der Waals surface area contributed by atoms with Crippen LogP contribution in [-0.4, -0.2) is 26.8 Å². The van der Waals surface area contributed by atoms with Gasteiger partial charge in [0.15, 0.2) is 0 Å². The molecule has 0 saturated heterocycles. The molecule has 6 nitrogen and oxygen atoms in total. The van der Waals surface area contributed by atoms with E-state index in [1.807, 2.05) is 6.92 Å². The first kappa shape index (κ1) is 18.9. The Kier molecular flexibility index (Phi) is 5.39. The van der Waals surface area contributed by atoms with E-state index in [2.05, 4.69) is 47.3 Å². The highest BCUT2D eigenvalue weighted by Gasteiger charge is 2.32. The molecule has 1 aliphatic carbocycles. The summed E-state index contributed by atoms with van der Waals surface area (Å²) in [6, 6.07) is 2.30. The van der Waals surface area contributed by atoms with Crippen molar-refractivity contribution in [2.24, 2.45) is 11.3 Å². The van der Waals surface area contributed by atoms with Gasteiger partial charge in [-0.05, 0) is 43.1 Å². The molecular weight excluding hydrogens is 366 g/mol. The number of hydrogen-bond donors (Lipinski definition) is 2. The highest BCUT2D eigenvalue weighted by molar-refractivity contribution is 7.99. The van der Waals surface area contributed by atoms with Gasteiger partial charge in [0, 0.05) is 4.88 Å². The molecule has 2 aromatic rings. The highest BCUT2D eigenvalue weighted by Crippen LogP contribution is 2.44. The molecule has 1 atom stereocenters. The van der Waals surface area contributed by atoms with Crippen LogP contribution in [0, 0.1) is 29.6 Å². The maximum atomic E-state index is 12.3. The number of anilines is 1. The minimum atomic E-state index is -0.139. The number of rotatable bonds is 4. The number of fused-ring (bicyclic) bond motifs is 1. The first-order valence-electron chi connectivity index (χ1n) is 8.64. The molecule has 0 aromatic carbocycles. The number of thiophene rings is 1. The molecule has 2 N–H and O–H groups in total. The summed E-state index contributed by atoms with van der Waals surface area (Å²) in [4.78, 5) is 17.7. The lowest BCUT2D eigenvalue weighted by Crippen LogP contribution is -2.26. The fourth-order valence-corrected chi connectivity index (χ4v) is 5.15. The van der Waals surface area contributed by atoms with Gasteiger partial charge in [0.25, 0.3) is 0 Å². The Balaban J connectivity index is 1.70. The van der Waals surface area contributed by atoms with Gasteiger partial charge in [-0.15, -0.1) is 16.4 Å². The summed E-state index contributed by atoms with van der Waals surface area (Å²) in [5.41, 5.74) is 2.03. The van der Waals surface area contributed by atoms with Crippen molar-refractivity contribution in [2.75, 3.05) is 11.1 Å². The number of carbonyl (C=O) groups is 1. The van der Waals surface area contributed by atoms with Crippen molar-refractivity contribution in [3.8, 4) is 6.07 Å². The Labute approximate surface area is 161 Å². The van der Waals surface area contributed by atoms with Crippen molar-refractivity contribution in [2.45, 2.75) is 52.1 Å². The van der Waals surface area contributed by atoms with Crippen LogP contribution in [0.4, 0.5) is 5.00 Å².